The Morgan fingerprint density at radius 2 is 2.00 bits per heavy atom. The molecule has 0 saturated carbocycles. The molecular formula is C13H17F2NO3. The van der Waals surface area contributed by atoms with Crippen molar-refractivity contribution in [2.45, 2.75) is 32.4 Å². The lowest BCUT2D eigenvalue weighted by atomic mass is 10.0. The van der Waals surface area contributed by atoms with Crippen LogP contribution >= 0.6 is 0 Å². The maximum atomic E-state index is 13.7. The fourth-order valence-electron chi connectivity index (χ4n) is 1.36. The Hall–Kier alpha value is -1.69. The van der Waals surface area contributed by atoms with Crippen molar-refractivity contribution >= 4 is 5.91 Å². The Morgan fingerprint density at radius 3 is 2.47 bits per heavy atom. The van der Waals surface area contributed by atoms with Gasteiger partial charge in [0.2, 0.25) is 0 Å². The Morgan fingerprint density at radius 1 is 1.42 bits per heavy atom. The molecule has 0 aromatic heterocycles. The summed E-state index contributed by atoms with van der Waals surface area (Å²) in [6.07, 6.45) is 0. The van der Waals surface area contributed by atoms with E-state index in [9.17, 15) is 18.7 Å². The van der Waals surface area contributed by atoms with Crippen molar-refractivity contribution in [2.75, 3.05) is 7.11 Å². The van der Waals surface area contributed by atoms with Crippen molar-refractivity contribution in [2.24, 2.45) is 0 Å². The summed E-state index contributed by atoms with van der Waals surface area (Å²) in [5.74, 6) is -3.33. The molecule has 0 aliphatic carbocycles. The summed E-state index contributed by atoms with van der Waals surface area (Å²) in [7, 11) is 1.25. The summed E-state index contributed by atoms with van der Waals surface area (Å²) in [5, 5.41) is 12.1. The number of carbonyl (C=O) groups excluding carboxylic acids is 1. The van der Waals surface area contributed by atoms with E-state index in [1.54, 1.807) is 6.92 Å². The first-order valence-corrected chi connectivity index (χ1v) is 5.73. The zero-order chi connectivity index (χ0) is 14.8. The van der Waals surface area contributed by atoms with E-state index in [0.717, 1.165) is 6.07 Å². The van der Waals surface area contributed by atoms with E-state index >= 15 is 0 Å². The Labute approximate surface area is 110 Å². The van der Waals surface area contributed by atoms with Gasteiger partial charge in [0, 0.05) is 0 Å². The van der Waals surface area contributed by atoms with Crippen molar-refractivity contribution in [1.29, 1.82) is 0 Å². The molecule has 1 atom stereocenters. The molecule has 1 amide bonds. The molecule has 1 aromatic rings. The van der Waals surface area contributed by atoms with E-state index in [1.807, 2.05) is 0 Å². The van der Waals surface area contributed by atoms with Gasteiger partial charge in [-0.1, -0.05) is 0 Å². The zero-order valence-corrected chi connectivity index (χ0v) is 11.3. The lowest BCUT2D eigenvalue weighted by Gasteiger charge is -2.27. The molecule has 4 nitrogen and oxygen atoms in total. The zero-order valence-electron chi connectivity index (χ0n) is 11.3. The number of hydrogen-bond donors (Lipinski definition) is 2. The van der Waals surface area contributed by atoms with E-state index < -0.39 is 34.7 Å². The fraction of sp³-hybridized carbons (Fsp3) is 0.462. The Kier molecular flexibility index (Phi) is 4.47. The first kappa shape index (κ1) is 15.4. The van der Waals surface area contributed by atoms with Crippen molar-refractivity contribution in [3.63, 3.8) is 0 Å². The molecule has 0 aliphatic rings. The fourth-order valence-corrected chi connectivity index (χ4v) is 1.36. The average Bonchev–Trinajstić information content (AvgIpc) is 2.30. The van der Waals surface area contributed by atoms with Crippen LogP contribution in [-0.4, -0.2) is 29.8 Å². The molecule has 0 heterocycles. The number of hydrogen-bond acceptors (Lipinski definition) is 3. The van der Waals surface area contributed by atoms with Gasteiger partial charge in [-0.05, 0) is 32.9 Å². The van der Waals surface area contributed by atoms with Gasteiger partial charge in [-0.3, -0.25) is 4.79 Å². The maximum Gasteiger partial charge on any atom is 0.258 e. The predicted molar refractivity (Wildman–Crippen MR) is 66.1 cm³/mol. The molecular weight excluding hydrogens is 256 g/mol. The summed E-state index contributed by atoms with van der Waals surface area (Å²) in [4.78, 5) is 11.9. The molecule has 6 heteroatoms. The van der Waals surface area contributed by atoms with Crippen LogP contribution in [0.2, 0.25) is 0 Å². The quantitative estimate of drug-likeness (QED) is 0.880. The molecule has 0 radical (unpaired) electrons. The standard InChI is InChI=1S/C13H17F2NO3/c1-7(13(2,3)18)16-12(17)10-9(19-4)6-5-8(14)11(10)15/h5-7,18H,1-4H3,(H,16,17). The molecule has 1 aromatic carbocycles. The normalized spacial score (nSPS) is 13.0. The molecule has 106 valence electrons. The minimum Gasteiger partial charge on any atom is -0.496 e. The van der Waals surface area contributed by atoms with Gasteiger partial charge in [-0.25, -0.2) is 8.78 Å². The first-order chi connectivity index (χ1) is 8.68. The minimum atomic E-state index is -1.28. The van der Waals surface area contributed by atoms with Gasteiger partial charge in [0.25, 0.3) is 5.91 Å². The van der Waals surface area contributed by atoms with Crippen LogP contribution in [0, 0.1) is 11.6 Å². The third-order valence-corrected chi connectivity index (χ3v) is 2.91. The van der Waals surface area contributed by atoms with Gasteiger partial charge in [-0.2, -0.15) is 0 Å². The lowest BCUT2D eigenvalue weighted by Crippen LogP contribution is -2.47. The SMILES string of the molecule is COc1ccc(F)c(F)c1C(=O)NC(C)C(C)(C)O. The Balaban J connectivity index is 3.09. The van der Waals surface area contributed by atoms with Crippen LogP contribution in [0.4, 0.5) is 8.78 Å². The molecule has 1 unspecified atom stereocenters. The van der Waals surface area contributed by atoms with Crippen molar-refractivity contribution in [3.05, 3.63) is 29.3 Å². The minimum absolute atomic E-state index is 0.0701. The van der Waals surface area contributed by atoms with E-state index in [0.29, 0.717) is 0 Å². The van der Waals surface area contributed by atoms with Crippen LogP contribution in [0.3, 0.4) is 0 Å². The van der Waals surface area contributed by atoms with E-state index in [4.69, 9.17) is 4.74 Å². The molecule has 0 bridgehead atoms. The maximum absolute atomic E-state index is 13.7. The second-order valence-electron chi connectivity index (χ2n) is 4.79. The second-order valence-corrected chi connectivity index (χ2v) is 4.79. The molecule has 0 spiro atoms. The van der Waals surface area contributed by atoms with Gasteiger partial charge in [0.05, 0.1) is 18.8 Å². The van der Waals surface area contributed by atoms with Gasteiger partial charge < -0.3 is 15.2 Å². The molecule has 2 N–H and O–H groups in total. The number of amides is 1. The summed E-state index contributed by atoms with van der Waals surface area (Å²) in [6, 6.07) is 1.40. The second kappa shape index (κ2) is 5.52. The first-order valence-electron chi connectivity index (χ1n) is 5.73. The summed E-state index contributed by atoms with van der Waals surface area (Å²) in [5.41, 5.74) is -1.70. The third-order valence-electron chi connectivity index (χ3n) is 2.91. The van der Waals surface area contributed by atoms with E-state index in [2.05, 4.69) is 5.32 Å². The van der Waals surface area contributed by atoms with Gasteiger partial charge in [0.15, 0.2) is 11.6 Å². The number of ether oxygens (including phenoxy) is 1. The highest BCUT2D eigenvalue weighted by molar-refractivity contribution is 5.97. The van der Waals surface area contributed by atoms with Gasteiger partial charge >= 0.3 is 0 Å². The van der Waals surface area contributed by atoms with Crippen LogP contribution in [0.1, 0.15) is 31.1 Å². The number of benzene rings is 1. The molecule has 19 heavy (non-hydrogen) atoms. The molecule has 0 fully saturated rings. The van der Waals surface area contributed by atoms with Crippen molar-refractivity contribution in [1.82, 2.24) is 5.32 Å². The van der Waals surface area contributed by atoms with Crippen LogP contribution in [0.15, 0.2) is 12.1 Å². The number of carbonyl (C=O) groups is 1. The molecule has 0 saturated heterocycles. The molecule has 0 aliphatic heterocycles. The van der Waals surface area contributed by atoms with E-state index in [1.165, 1.54) is 27.0 Å². The number of nitrogens with one attached hydrogen (secondary N) is 1. The van der Waals surface area contributed by atoms with Gasteiger partial charge in [0.1, 0.15) is 11.3 Å². The average molecular weight is 273 g/mol. The smallest absolute Gasteiger partial charge is 0.258 e. The highest BCUT2D eigenvalue weighted by Gasteiger charge is 2.27. The number of methoxy groups -OCH3 is 1. The van der Waals surface area contributed by atoms with Crippen LogP contribution < -0.4 is 10.1 Å². The third kappa shape index (κ3) is 3.41. The summed E-state index contributed by atoms with van der Waals surface area (Å²) < 4.78 is 31.7. The number of halogens is 2. The summed E-state index contributed by atoms with van der Waals surface area (Å²) >= 11 is 0. The van der Waals surface area contributed by atoms with Crippen molar-refractivity contribution < 1.29 is 23.4 Å². The molecule has 1 rings (SSSR count). The van der Waals surface area contributed by atoms with Crippen molar-refractivity contribution in [3.8, 4) is 5.75 Å². The predicted octanol–water partition coefficient (Wildman–Crippen LogP) is 1.86. The summed E-state index contributed by atoms with van der Waals surface area (Å²) in [6.45, 7) is 4.55. The monoisotopic (exact) mass is 273 g/mol. The van der Waals surface area contributed by atoms with Crippen LogP contribution in [0.5, 0.6) is 5.75 Å². The van der Waals surface area contributed by atoms with Gasteiger partial charge in [-0.15, -0.1) is 0 Å². The van der Waals surface area contributed by atoms with E-state index in [-0.39, 0.29) is 5.75 Å². The highest BCUT2D eigenvalue weighted by atomic mass is 19.2. The highest BCUT2D eigenvalue weighted by Crippen LogP contribution is 2.24. The number of aliphatic hydroxyl groups is 1. The topological polar surface area (TPSA) is 58.6 Å². The number of rotatable bonds is 4. The van der Waals surface area contributed by atoms with Crippen LogP contribution in [-0.2, 0) is 0 Å². The largest absolute Gasteiger partial charge is 0.496 e. The lowest BCUT2D eigenvalue weighted by molar-refractivity contribution is 0.0406. The van der Waals surface area contributed by atoms with Crippen LogP contribution in [0.25, 0.3) is 0 Å². The Bertz CT molecular complexity index is 484.